The molecule has 154 valence electrons. The van der Waals surface area contributed by atoms with Crippen molar-refractivity contribution in [2.45, 2.75) is 97.8 Å². The zero-order valence-corrected chi connectivity index (χ0v) is 19.3. The smallest absolute Gasteiger partial charge is 0.0704 e. The Labute approximate surface area is 174 Å². The fourth-order valence-electron chi connectivity index (χ4n) is 4.40. The molecule has 0 saturated heterocycles. The summed E-state index contributed by atoms with van der Waals surface area (Å²) in [6, 6.07) is 13.5. The lowest BCUT2D eigenvalue weighted by Gasteiger charge is -2.38. The van der Waals surface area contributed by atoms with E-state index in [9.17, 15) is 0 Å². The van der Waals surface area contributed by atoms with Gasteiger partial charge in [-0.3, -0.25) is 4.98 Å². The summed E-state index contributed by atoms with van der Waals surface area (Å²) in [6.07, 6.45) is 9.39. The number of nitrogens with zero attached hydrogens (tertiary/aromatic N) is 1. The number of hydrogen-bond donors (Lipinski definition) is 0. The summed E-state index contributed by atoms with van der Waals surface area (Å²) in [4.78, 5) is 4.70. The first-order valence-electron chi connectivity index (χ1n) is 11.4. The minimum absolute atomic E-state index is 0.150. The van der Waals surface area contributed by atoms with Crippen LogP contribution in [-0.2, 0) is 10.8 Å². The highest BCUT2D eigenvalue weighted by atomic mass is 14.7. The molecule has 0 fully saturated rings. The molecule has 0 aliphatic rings. The van der Waals surface area contributed by atoms with Crippen LogP contribution in [0.2, 0.25) is 0 Å². The van der Waals surface area contributed by atoms with Crippen LogP contribution in [0.4, 0.5) is 0 Å². The number of pyridine rings is 1. The summed E-state index contributed by atoms with van der Waals surface area (Å²) in [6.45, 7) is 16.6. The van der Waals surface area contributed by atoms with Crippen LogP contribution in [-0.4, -0.2) is 4.98 Å². The van der Waals surface area contributed by atoms with Gasteiger partial charge in [-0.15, -0.1) is 0 Å². The molecule has 1 heterocycles. The van der Waals surface area contributed by atoms with Crippen molar-refractivity contribution in [1.29, 1.82) is 0 Å². The Morgan fingerprint density at radius 2 is 1.71 bits per heavy atom. The van der Waals surface area contributed by atoms with Gasteiger partial charge in [0.05, 0.1) is 5.69 Å². The number of aromatic nitrogens is 1. The van der Waals surface area contributed by atoms with Crippen LogP contribution in [0.15, 0.2) is 42.6 Å². The van der Waals surface area contributed by atoms with Gasteiger partial charge in [0.2, 0.25) is 0 Å². The van der Waals surface area contributed by atoms with Crippen molar-refractivity contribution in [3.8, 4) is 11.3 Å². The Morgan fingerprint density at radius 3 is 2.29 bits per heavy atom. The molecule has 1 aromatic carbocycles. The van der Waals surface area contributed by atoms with Crippen LogP contribution < -0.4 is 0 Å². The Balaban J connectivity index is 2.60. The molecule has 2 atom stereocenters. The average Bonchev–Trinajstić information content (AvgIpc) is 2.72. The third-order valence-corrected chi connectivity index (χ3v) is 7.20. The SMILES string of the molecule is CCCCCC(C)(C)c1ccc(-c2ccccn2)c(C(C)(CC)C(C)CC)c1. The van der Waals surface area contributed by atoms with Gasteiger partial charge in [0.15, 0.2) is 0 Å². The third-order valence-electron chi connectivity index (χ3n) is 7.20. The van der Waals surface area contributed by atoms with Crippen molar-refractivity contribution < 1.29 is 0 Å². The Hall–Kier alpha value is -1.63. The van der Waals surface area contributed by atoms with Crippen molar-refractivity contribution in [3.05, 3.63) is 53.7 Å². The number of rotatable bonds is 10. The monoisotopic (exact) mass is 379 g/mol. The predicted octanol–water partition coefficient (Wildman–Crippen LogP) is 8.32. The van der Waals surface area contributed by atoms with Crippen LogP contribution in [0.3, 0.4) is 0 Å². The lowest BCUT2D eigenvalue weighted by Crippen LogP contribution is -2.31. The van der Waals surface area contributed by atoms with Gasteiger partial charge in [0.1, 0.15) is 0 Å². The van der Waals surface area contributed by atoms with Crippen LogP contribution in [0.1, 0.15) is 98.1 Å². The van der Waals surface area contributed by atoms with Gasteiger partial charge in [0, 0.05) is 11.8 Å². The highest BCUT2D eigenvalue weighted by Crippen LogP contribution is 2.44. The number of unbranched alkanes of at least 4 members (excludes halogenated alkanes) is 2. The number of benzene rings is 1. The van der Waals surface area contributed by atoms with E-state index in [2.05, 4.69) is 78.8 Å². The third kappa shape index (κ3) is 4.85. The van der Waals surface area contributed by atoms with E-state index >= 15 is 0 Å². The molecule has 0 radical (unpaired) electrons. The fraction of sp³-hybridized carbons (Fsp3) is 0.593. The summed E-state index contributed by atoms with van der Waals surface area (Å²) in [5.74, 6) is 0.624. The van der Waals surface area contributed by atoms with E-state index in [0.29, 0.717) is 5.92 Å². The van der Waals surface area contributed by atoms with E-state index in [1.807, 2.05) is 12.3 Å². The Morgan fingerprint density at radius 1 is 0.964 bits per heavy atom. The molecule has 1 heteroatoms. The van der Waals surface area contributed by atoms with Gasteiger partial charge in [-0.2, -0.15) is 0 Å². The van der Waals surface area contributed by atoms with E-state index < -0.39 is 0 Å². The molecule has 0 N–H and O–H groups in total. The van der Waals surface area contributed by atoms with Gasteiger partial charge in [-0.1, -0.05) is 98.4 Å². The van der Waals surface area contributed by atoms with Crippen molar-refractivity contribution in [2.24, 2.45) is 5.92 Å². The molecule has 1 nitrogen and oxygen atoms in total. The van der Waals surface area contributed by atoms with Crippen LogP contribution in [0.5, 0.6) is 0 Å². The van der Waals surface area contributed by atoms with Crippen molar-refractivity contribution in [3.63, 3.8) is 0 Å². The molecule has 2 aromatic rings. The van der Waals surface area contributed by atoms with Crippen molar-refractivity contribution >= 4 is 0 Å². The quantitative estimate of drug-likeness (QED) is 0.378. The molecule has 0 spiro atoms. The maximum atomic E-state index is 4.70. The largest absolute Gasteiger partial charge is 0.256 e. The van der Waals surface area contributed by atoms with Crippen LogP contribution in [0.25, 0.3) is 11.3 Å². The number of hydrogen-bond acceptors (Lipinski definition) is 1. The lowest BCUT2D eigenvalue weighted by atomic mass is 9.66. The highest BCUT2D eigenvalue weighted by molar-refractivity contribution is 5.66. The van der Waals surface area contributed by atoms with E-state index in [4.69, 9.17) is 4.98 Å². The van der Waals surface area contributed by atoms with Crippen molar-refractivity contribution in [2.75, 3.05) is 0 Å². The molecule has 2 unspecified atom stereocenters. The molecule has 0 bridgehead atoms. The summed E-state index contributed by atoms with van der Waals surface area (Å²) in [7, 11) is 0. The highest BCUT2D eigenvalue weighted by Gasteiger charge is 2.34. The topological polar surface area (TPSA) is 12.9 Å². The molecule has 1 aromatic heterocycles. The van der Waals surface area contributed by atoms with Crippen LogP contribution >= 0.6 is 0 Å². The van der Waals surface area contributed by atoms with Crippen molar-refractivity contribution in [1.82, 2.24) is 4.98 Å². The normalized spacial score (nSPS) is 15.2. The first kappa shape index (κ1) is 22.7. The maximum Gasteiger partial charge on any atom is 0.0704 e. The molecule has 0 amide bonds. The summed E-state index contributed by atoms with van der Waals surface area (Å²) >= 11 is 0. The summed E-state index contributed by atoms with van der Waals surface area (Å²) in [5, 5.41) is 0. The summed E-state index contributed by atoms with van der Waals surface area (Å²) < 4.78 is 0. The van der Waals surface area contributed by atoms with E-state index in [1.54, 1.807) is 0 Å². The van der Waals surface area contributed by atoms with Gasteiger partial charge in [-0.25, -0.2) is 0 Å². The molecular formula is C27H41N. The lowest BCUT2D eigenvalue weighted by molar-refractivity contribution is 0.295. The minimum atomic E-state index is 0.150. The summed E-state index contributed by atoms with van der Waals surface area (Å²) in [5.41, 5.74) is 5.70. The Kier molecular flexibility index (Phi) is 7.87. The maximum absolute atomic E-state index is 4.70. The predicted molar refractivity (Wildman–Crippen MR) is 124 cm³/mol. The zero-order valence-electron chi connectivity index (χ0n) is 19.3. The fourth-order valence-corrected chi connectivity index (χ4v) is 4.40. The van der Waals surface area contributed by atoms with Gasteiger partial charge in [-0.05, 0) is 52.8 Å². The molecule has 0 aliphatic heterocycles. The average molecular weight is 380 g/mol. The zero-order chi connectivity index (χ0) is 20.8. The van der Waals surface area contributed by atoms with Gasteiger partial charge in [0.25, 0.3) is 0 Å². The van der Waals surface area contributed by atoms with Crippen LogP contribution in [0, 0.1) is 5.92 Å². The molecule has 2 rings (SSSR count). The van der Waals surface area contributed by atoms with E-state index in [0.717, 1.165) is 12.1 Å². The second-order valence-electron chi connectivity index (χ2n) is 9.40. The molecular weight excluding hydrogens is 338 g/mol. The first-order valence-corrected chi connectivity index (χ1v) is 11.4. The second-order valence-corrected chi connectivity index (χ2v) is 9.40. The van der Waals surface area contributed by atoms with E-state index in [-0.39, 0.29) is 10.8 Å². The van der Waals surface area contributed by atoms with E-state index in [1.165, 1.54) is 48.8 Å². The minimum Gasteiger partial charge on any atom is -0.256 e. The first-order chi connectivity index (χ1) is 13.3. The standard InChI is InChI=1S/C27H41N/c1-8-11-13-18-26(5,6)22-16-17-23(25-15-12-14-19-28-25)24(20-22)27(7,10-3)21(4)9-2/h12,14-17,19-21H,8-11,13,18H2,1-7H3. The van der Waals surface area contributed by atoms with Gasteiger partial charge >= 0.3 is 0 Å². The molecule has 0 aliphatic carbocycles. The molecule has 28 heavy (non-hydrogen) atoms. The Bertz CT molecular complexity index is 731. The second kappa shape index (κ2) is 9.72. The van der Waals surface area contributed by atoms with Gasteiger partial charge < -0.3 is 0 Å². The molecule has 0 saturated carbocycles.